The first-order valence-electron chi connectivity index (χ1n) is 10.9. The van der Waals surface area contributed by atoms with Gasteiger partial charge in [0.05, 0.1) is 15.7 Å². The predicted molar refractivity (Wildman–Crippen MR) is 130 cm³/mol. The second kappa shape index (κ2) is 9.45. The molecule has 1 atom stereocenters. The van der Waals surface area contributed by atoms with Gasteiger partial charge in [0, 0.05) is 17.5 Å². The van der Waals surface area contributed by atoms with Crippen LogP contribution in [0.5, 0.6) is 5.75 Å². The molecule has 7 heteroatoms. The number of nitrogens with zero attached hydrogens (tertiary/aromatic N) is 2. The fraction of sp³-hybridized carbons (Fsp3) is 0.480. The topological polar surface area (TPSA) is 73.3 Å². The molecule has 2 aromatic heterocycles. The Balaban J connectivity index is 1.83. The van der Waals surface area contributed by atoms with Crippen molar-refractivity contribution in [3.8, 4) is 16.9 Å². The van der Waals surface area contributed by atoms with Crippen LogP contribution in [0.2, 0.25) is 0 Å². The van der Waals surface area contributed by atoms with Gasteiger partial charge in [-0.05, 0) is 76.8 Å². The van der Waals surface area contributed by atoms with E-state index in [1.54, 1.807) is 11.3 Å². The smallest absolute Gasteiger partial charge is 0.408 e. The number of carbonyl (C=O) groups excluding carboxylic acids is 1. The number of carbonyl (C=O) groups is 1. The molecule has 0 spiro atoms. The summed E-state index contributed by atoms with van der Waals surface area (Å²) < 4.78 is 12.8. The van der Waals surface area contributed by atoms with E-state index in [0.717, 1.165) is 33.5 Å². The highest BCUT2D eigenvalue weighted by molar-refractivity contribution is 7.17. The first-order chi connectivity index (χ1) is 15.0. The number of thiazole rings is 1. The number of aryl methyl sites for hydroxylation is 1. The molecule has 0 aliphatic heterocycles. The molecule has 32 heavy (non-hydrogen) atoms. The Morgan fingerprint density at radius 3 is 2.56 bits per heavy atom. The fourth-order valence-corrected chi connectivity index (χ4v) is 4.66. The molecule has 1 aromatic carbocycles. The highest BCUT2D eigenvalue weighted by Gasteiger charge is 2.31. The Bertz CT molecular complexity index is 1090. The highest BCUT2D eigenvalue weighted by Crippen LogP contribution is 2.37. The van der Waals surface area contributed by atoms with Gasteiger partial charge in [0.2, 0.25) is 0 Å². The largest absolute Gasteiger partial charge is 0.489 e. The lowest BCUT2D eigenvalue weighted by Crippen LogP contribution is -2.52. The third-order valence-corrected chi connectivity index (χ3v) is 5.72. The molecule has 3 rings (SSSR count). The molecule has 172 valence electrons. The normalized spacial score (nSPS) is 13.8. The van der Waals surface area contributed by atoms with Crippen molar-refractivity contribution in [2.75, 3.05) is 6.61 Å². The van der Waals surface area contributed by atoms with Gasteiger partial charge in [-0.25, -0.2) is 9.78 Å². The summed E-state index contributed by atoms with van der Waals surface area (Å²) in [6, 6.07) is 8.09. The first-order valence-corrected chi connectivity index (χ1v) is 11.8. The van der Waals surface area contributed by atoms with E-state index >= 15 is 0 Å². The van der Waals surface area contributed by atoms with Crippen LogP contribution in [0, 0.1) is 12.8 Å². The molecule has 2 heterocycles. The number of nitrogens with one attached hydrogen (secondary N) is 1. The molecule has 0 radical (unpaired) electrons. The van der Waals surface area contributed by atoms with Gasteiger partial charge < -0.3 is 14.8 Å². The Kier molecular flexibility index (Phi) is 7.08. The molecule has 0 saturated carbocycles. The van der Waals surface area contributed by atoms with Crippen LogP contribution >= 0.6 is 11.3 Å². The maximum absolute atomic E-state index is 12.5. The van der Waals surface area contributed by atoms with Gasteiger partial charge in [0.15, 0.2) is 0 Å². The summed E-state index contributed by atoms with van der Waals surface area (Å²) in [6.45, 7) is 14.1. The monoisotopic (exact) mass is 455 g/mol. The molecule has 1 unspecified atom stereocenters. The van der Waals surface area contributed by atoms with Crippen molar-refractivity contribution in [1.82, 2.24) is 15.3 Å². The van der Waals surface area contributed by atoms with E-state index < -0.39 is 17.2 Å². The fourth-order valence-electron chi connectivity index (χ4n) is 3.82. The maximum Gasteiger partial charge on any atom is 0.408 e. The SMILES string of the molecule is Cc1cc(-c2ccc(OCC(C)(CC(C)C)NC(=O)OC(C)(C)C)c3ncsc23)ccn1. The van der Waals surface area contributed by atoms with Gasteiger partial charge >= 0.3 is 6.09 Å². The van der Waals surface area contributed by atoms with E-state index in [1.807, 2.05) is 58.5 Å². The molecule has 1 N–H and O–H groups in total. The number of rotatable bonds is 7. The minimum absolute atomic E-state index is 0.310. The Labute approximate surface area is 194 Å². The summed E-state index contributed by atoms with van der Waals surface area (Å²) >= 11 is 1.59. The van der Waals surface area contributed by atoms with Gasteiger partial charge in [0.25, 0.3) is 0 Å². The average Bonchev–Trinajstić information content (AvgIpc) is 3.13. The van der Waals surface area contributed by atoms with Crippen LogP contribution < -0.4 is 10.1 Å². The zero-order valence-corrected chi connectivity index (χ0v) is 20.8. The zero-order chi connectivity index (χ0) is 23.5. The van der Waals surface area contributed by atoms with E-state index in [4.69, 9.17) is 9.47 Å². The number of amides is 1. The molecule has 0 saturated heterocycles. The van der Waals surface area contributed by atoms with Crippen molar-refractivity contribution in [3.63, 3.8) is 0 Å². The Morgan fingerprint density at radius 1 is 1.16 bits per heavy atom. The second-order valence-electron chi connectivity index (χ2n) is 9.90. The standard InChI is InChI=1S/C25H33N3O3S/c1-16(2)13-25(7,28-23(29)31-24(4,5)6)14-30-20-9-8-19(22-21(20)27-15-32-22)18-10-11-26-17(3)12-18/h8-12,15-16H,13-14H2,1-7H3,(H,28,29). The molecule has 0 bridgehead atoms. The quantitative estimate of drug-likeness (QED) is 0.448. The van der Waals surface area contributed by atoms with Crippen LogP contribution in [0.1, 0.15) is 53.7 Å². The lowest BCUT2D eigenvalue weighted by Gasteiger charge is -2.33. The van der Waals surface area contributed by atoms with Crippen LogP contribution in [0.4, 0.5) is 4.79 Å². The number of fused-ring (bicyclic) bond motifs is 1. The number of hydrogen-bond donors (Lipinski definition) is 1. The minimum atomic E-state index is -0.584. The molecule has 0 fully saturated rings. The number of benzene rings is 1. The van der Waals surface area contributed by atoms with Crippen molar-refractivity contribution in [3.05, 3.63) is 41.7 Å². The number of ether oxygens (including phenoxy) is 2. The van der Waals surface area contributed by atoms with Gasteiger partial charge in [-0.2, -0.15) is 0 Å². The molecule has 0 aliphatic carbocycles. The van der Waals surface area contributed by atoms with Gasteiger partial charge in [-0.1, -0.05) is 13.8 Å². The number of pyridine rings is 1. The van der Waals surface area contributed by atoms with Gasteiger partial charge in [-0.3, -0.25) is 4.98 Å². The Hall–Kier alpha value is -2.67. The summed E-state index contributed by atoms with van der Waals surface area (Å²) in [5.74, 6) is 1.08. The third kappa shape index (κ3) is 6.19. The van der Waals surface area contributed by atoms with E-state index in [1.165, 1.54) is 0 Å². The highest BCUT2D eigenvalue weighted by atomic mass is 32.1. The number of aromatic nitrogens is 2. The summed E-state index contributed by atoms with van der Waals surface area (Å²) in [5, 5.41) is 3.03. The van der Waals surface area contributed by atoms with Crippen LogP contribution in [-0.4, -0.2) is 33.8 Å². The van der Waals surface area contributed by atoms with Gasteiger partial charge in [-0.15, -0.1) is 11.3 Å². The molecule has 0 aliphatic rings. The first kappa shape index (κ1) is 24.0. The Morgan fingerprint density at radius 2 is 1.91 bits per heavy atom. The second-order valence-corrected chi connectivity index (χ2v) is 10.8. The van der Waals surface area contributed by atoms with Crippen molar-refractivity contribution in [2.24, 2.45) is 5.92 Å². The number of hydrogen-bond acceptors (Lipinski definition) is 6. The number of alkyl carbamates (subject to hydrolysis) is 1. The van der Waals surface area contributed by atoms with Gasteiger partial charge in [0.1, 0.15) is 23.5 Å². The summed E-state index contributed by atoms with van der Waals surface area (Å²) in [6.07, 6.45) is 2.13. The van der Waals surface area contributed by atoms with Crippen LogP contribution in [0.25, 0.3) is 21.3 Å². The van der Waals surface area contributed by atoms with E-state index in [0.29, 0.717) is 18.3 Å². The minimum Gasteiger partial charge on any atom is -0.489 e. The lowest BCUT2D eigenvalue weighted by molar-refractivity contribution is 0.0408. The molecular weight excluding hydrogens is 422 g/mol. The van der Waals surface area contributed by atoms with Crippen molar-refractivity contribution < 1.29 is 14.3 Å². The zero-order valence-electron chi connectivity index (χ0n) is 20.0. The molecule has 1 amide bonds. The van der Waals surface area contributed by atoms with E-state index in [2.05, 4.69) is 41.3 Å². The van der Waals surface area contributed by atoms with Crippen molar-refractivity contribution >= 4 is 27.6 Å². The summed E-state index contributed by atoms with van der Waals surface area (Å²) in [7, 11) is 0. The molecule has 3 aromatic rings. The summed E-state index contributed by atoms with van der Waals surface area (Å²) in [4.78, 5) is 21.3. The molecule has 6 nitrogen and oxygen atoms in total. The lowest BCUT2D eigenvalue weighted by atomic mass is 9.91. The maximum atomic E-state index is 12.5. The van der Waals surface area contributed by atoms with Crippen LogP contribution in [0.3, 0.4) is 0 Å². The predicted octanol–water partition coefficient (Wildman–Crippen LogP) is 6.38. The van der Waals surface area contributed by atoms with E-state index in [-0.39, 0.29) is 0 Å². The molecular formula is C25H33N3O3S. The van der Waals surface area contributed by atoms with Crippen molar-refractivity contribution in [2.45, 2.75) is 66.0 Å². The van der Waals surface area contributed by atoms with Crippen LogP contribution in [0.15, 0.2) is 36.0 Å². The average molecular weight is 456 g/mol. The third-order valence-electron chi connectivity index (χ3n) is 4.86. The van der Waals surface area contributed by atoms with E-state index in [9.17, 15) is 4.79 Å². The van der Waals surface area contributed by atoms with Crippen molar-refractivity contribution in [1.29, 1.82) is 0 Å². The summed E-state index contributed by atoms with van der Waals surface area (Å²) in [5.41, 5.74) is 4.70. The van der Waals surface area contributed by atoms with Crippen LogP contribution in [-0.2, 0) is 4.74 Å².